The van der Waals surface area contributed by atoms with Gasteiger partial charge in [0.1, 0.15) is 5.75 Å². The molecule has 0 spiro atoms. The predicted octanol–water partition coefficient (Wildman–Crippen LogP) is 3.83. The average Bonchev–Trinajstić information content (AvgIpc) is 2.36. The maximum Gasteiger partial charge on any atom is 0.303 e. The Labute approximate surface area is 109 Å². The van der Waals surface area contributed by atoms with E-state index in [1.807, 2.05) is 19.1 Å². The minimum atomic E-state index is -0.780. The van der Waals surface area contributed by atoms with Crippen LogP contribution in [-0.4, -0.2) is 17.2 Å². The maximum atomic E-state index is 10.5. The van der Waals surface area contributed by atoms with E-state index in [1.54, 1.807) is 0 Å². The van der Waals surface area contributed by atoms with E-state index in [9.17, 15) is 4.79 Å². The summed E-state index contributed by atoms with van der Waals surface area (Å²) in [6.45, 7) is 6.26. The summed E-state index contributed by atoms with van der Waals surface area (Å²) in [4.78, 5) is 10.5. The number of carbonyl (C=O) groups is 1. The van der Waals surface area contributed by atoms with E-state index in [0.717, 1.165) is 12.2 Å². The zero-order chi connectivity index (χ0) is 13.5. The molecule has 0 amide bonds. The molecule has 0 aliphatic rings. The Bertz CT molecular complexity index is 370. The molecule has 0 fully saturated rings. The van der Waals surface area contributed by atoms with Crippen molar-refractivity contribution in [3.05, 3.63) is 29.8 Å². The monoisotopic (exact) mass is 250 g/mol. The van der Waals surface area contributed by atoms with E-state index >= 15 is 0 Å². The van der Waals surface area contributed by atoms with E-state index in [1.165, 1.54) is 5.56 Å². The van der Waals surface area contributed by atoms with Gasteiger partial charge in [0, 0.05) is 6.42 Å². The molecule has 0 aliphatic carbocycles. The van der Waals surface area contributed by atoms with Gasteiger partial charge in [0.25, 0.3) is 0 Å². The van der Waals surface area contributed by atoms with Gasteiger partial charge in [0.15, 0.2) is 0 Å². The topological polar surface area (TPSA) is 46.5 Å². The molecule has 0 heterocycles. The lowest BCUT2D eigenvalue weighted by Gasteiger charge is -2.15. The number of hydrogen-bond acceptors (Lipinski definition) is 2. The summed E-state index contributed by atoms with van der Waals surface area (Å²) >= 11 is 0. The molecule has 3 nitrogen and oxygen atoms in total. The van der Waals surface area contributed by atoms with Crippen LogP contribution in [0.5, 0.6) is 5.75 Å². The fraction of sp³-hybridized carbons (Fsp3) is 0.533. The van der Waals surface area contributed by atoms with E-state index in [2.05, 4.69) is 26.0 Å². The molecule has 1 N–H and O–H groups in total. The van der Waals surface area contributed by atoms with Gasteiger partial charge in [0.05, 0.1) is 6.10 Å². The minimum Gasteiger partial charge on any atom is -0.491 e. The molecule has 0 aromatic heterocycles. The molecule has 1 aromatic rings. The van der Waals surface area contributed by atoms with Crippen molar-refractivity contribution in [3.8, 4) is 5.75 Å². The molecule has 1 aromatic carbocycles. The van der Waals surface area contributed by atoms with E-state index < -0.39 is 5.97 Å². The highest BCUT2D eigenvalue weighted by Crippen LogP contribution is 2.22. The molecular formula is C15H22O3. The lowest BCUT2D eigenvalue weighted by Crippen LogP contribution is -2.13. The Morgan fingerprint density at radius 3 is 2.39 bits per heavy atom. The van der Waals surface area contributed by atoms with Crippen molar-refractivity contribution in [2.24, 2.45) is 0 Å². The third-order valence-electron chi connectivity index (χ3n) is 3.16. The smallest absolute Gasteiger partial charge is 0.303 e. The maximum absolute atomic E-state index is 10.5. The highest BCUT2D eigenvalue weighted by Gasteiger charge is 2.08. The van der Waals surface area contributed by atoms with Gasteiger partial charge in [-0.25, -0.2) is 0 Å². The van der Waals surface area contributed by atoms with Crippen molar-refractivity contribution in [1.29, 1.82) is 0 Å². The molecule has 0 saturated heterocycles. The molecule has 3 heteroatoms. The van der Waals surface area contributed by atoms with E-state index in [-0.39, 0.29) is 12.5 Å². The highest BCUT2D eigenvalue weighted by atomic mass is 16.5. The van der Waals surface area contributed by atoms with Gasteiger partial charge in [-0.05, 0) is 43.4 Å². The van der Waals surface area contributed by atoms with Gasteiger partial charge in [-0.1, -0.05) is 26.0 Å². The van der Waals surface area contributed by atoms with Crippen LogP contribution in [0.15, 0.2) is 24.3 Å². The average molecular weight is 250 g/mol. The first-order valence-electron chi connectivity index (χ1n) is 6.51. The minimum absolute atomic E-state index is 0.0736. The molecule has 18 heavy (non-hydrogen) atoms. The summed E-state index contributed by atoms with van der Waals surface area (Å²) in [5.74, 6) is 0.584. The van der Waals surface area contributed by atoms with Crippen LogP contribution in [0.2, 0.25) is 0 Å². The molecule has 0 bridgehead atoms. The summed E-state index contributed by atoms with van der Waals surface area (Å²) < 4.78 is 5.67. The number of rotatable bonds is 7. The quantitative estimate of drug-likeness (QED) is 0.800. The second-order valence-electron chi connectivity index (χ2n) is 4.74. The van der Waals surface area contributed by atoms with Crippen LogP contribution < -0.4 is 4.74 Å². The van der Waals surface area contributed by atoms with Crippen LogP contribution in [0.1, 0.15) is 51.5 Å². The number of hydrogen-bond donors (Lipinski definition) is 1. The number of ether oxygens (including phenoxy) is 1. The summed E-state index contributed by atoms with van der Waals surface area (Å²) in [5.41, 5.74) is 1.31. The van der Waals surface area contributed by atoms with Crippen molar-refractivity contribution in [3.63, 3.8) is 0 Å². The Kier molecular flexibility index (Phi) is 5.69. The molecule has 0 aliphatic heterocycles. The normalized spacial score (nSPS) is 13.9. The molecule has 0 saturated carbocycles. The van der Waals surface area contributed by atoms with Crippen molar-refractivity contribution in [2.45, 2.75) is 52.1 Å². The van der Waals surface area contributed by atoms with Crippen LogP contribution in [0.25, 0.3) is 0 Å². The van der Waals surface area contributed by atoms with Crippen molar-refractivity contribution in [1.82, 2.24) is 0 Å². The molecule has 0 radical (unpaired) electrons. The molecule has 2 atom stereocenters. The zero-order valence-electron chi connectivity index (χ0n) is 11.3. The van der Waals surface area contributed by atoms with Crippen LogP contribution in [0.3, 0.4) is 0 Å². The Balaban J connectivity index is 2.50. The first-order valence-corrected chi connectivity index (χ1v) is 6.51. The van der Waals surface area contributed by atoms with Gasteiger partial charge >= 0.3 is 5.97 Å². The van der Waals surface area contributed by atoms with Crippen LogP contribution in [0.4, 0.5) is 0 Å². The second-order valence-corrected chi connectivity index (χ2v) is 4.74. The second kappa shape index (κ2) is 7.04. The highest BCUT2D eigenvalue weighted by molar-refractivity contribution is 5.66. The van der Waals surface area contributed by atoms with E-state index in [4.69, 9.17) is 9.84 Å². The Hall–Kier alpha value is -1.51. The summed E-state index contributed by atoms with van der Waals surface area (Å²) in [7, 11) is 0. The standard InChI is InChI=1S/C15H22O3/c1-4-11(2)13-6-8-14(9-7-13)18-12(3)5-10-15(16)17/h6-9,11-12H,4-5,10H2,1-3H3,(H,16,17). The lowest BCUT2D eigenvalue weighted by atomic mass is 9.99. The van der Waals surface area contributed by atoms with Crippen molar-refractivity contribution in [2.75, 3.05) is 0 Å². The Morgan fingerprint density at radius 1 is 1.28 bits per heavy atom. The number of carboxylic acid groups (broad SMARTS) is 1. The van der Waals surface area contributed by atoms with Crippen LogP contribution >= 0.6 is 0 Å². The molecule has 100 valence electrons. The largest absolute Gasteiger partial charge is 0.491 e. The van der Waals surface area contributed by atoms with Gasteiger partial charge in [-0.2, -0.15) is 0 Å². The van der Waals surface area contributed by atoms with Gasteiger partial charge in [0.2, 0.25) is 0 Å². The number of carboxylic acids is 1. The summed E-state index contributed by atoms with van der Waals surface area (Å²) in [5, 5.41) is 8.60. The third-order valence-corrected chi connectivity index (χ3v) is 3.16. The van der Waals surface area contributed by atoms with Crippen LogP contribution in [-0.2, 0) is 4.79 Å². The van der Waals surface area contributed by atoms with E-state index in [0.29, 0.717) is 12.3 Å². The summed E-state index contributed by atoms with van der Waals surface area (Å²) in [6, 6.07) is 8.07. The SMILES string of the molecule is CCC(C)c1ccc(OC(C)CCC(=O)O)cc1. The Morgan fingerprint density at radius 2 is 1.89 bits per heavy atom. The zero-order valence-corrected chi connectivity index (χ0v) is 11.3. The van der Waals surface area contributed by atoms with Gasteiger partial charge in [-0.3, -0.25) is 4.79 Å². The molecule has 1 rings (SSSR count). The number of aliphatic carboxylic acids is 1. The van der Waals surface area contributed by atoms with Crippen LogP contribution in [0, 0.1) is 0 Å². The predicted molar refractivity (Wildman–Crippen MR) is 72.1 cm³/mol. The molecule has 2 unspecified atom stereocenters. The molecular weight excluding hydrogens is 228 g/mol. The fourth-order valence-electron chi connectivity index (χ4n) is 1.73. The summed E-state index contributed by atoms with van der Waals surface area (Å²) in [6.07, 6.45) is 1.72. The third kappa shape index (κ3) is 4.78. The first kappa shape index (κ1) is 14.6. The lowest BCUT2D eigenvalue weighted by molar-refractivity contribution is -0.137. The van der Waals surface area contributed by atoms with Gasteiger partial charge < -0.3 is 9.84 Å². The van der Waals surface area contributed by atoms with Gasteiger partial charge in [-0.15, -0.1) is 0 Å². The first-order chi connectivity index (χ1) is 8.52. The van der Waals surface area contributed by atoms with Crippen molar-refractivity contribution < 1.29 is 14.6 Å². The number of benzene rings is 1. The fourth-order valence-corrected chi connectivity index (χ4v) is 1.73. The van der Waals surface area contributed by atoms with Crippen molar-refractivity contribution >= 4 is 5.97 Å².